The molecule has 0 aromatic rings. The normalized spacial score (nSPS) is 25.1. The van der Waals surface area contributed by atoms with Gasteiger partial charge < -0.3 is 26.0 Å². The highest BCUT2D eigenvalue weighted by Crippen LogP contribution is 2.32. The molecule has 20 heavy (non-hydrogen) atoms. The third-order valence-electron chi connectivity index (χ3n) is 3.61. The molecule has 0 radical (unpaired) electrons. The first-order valence-corrected chi connectivity index (χ1v) is 6.91. The maximum Gasteiger partial charge on any atom is 0.243 e. The predicted molar refractivity (Wildman–Crippen MR) is 71.6 cm³/mol. The first-order chi connectivity index (χ1) is 9.45. The second-order valence-corrected chi connectivity index (χ2v) is 5.22. The number of aliphatic hydroxyl groups is 2. The number of nitrogens with one attached hydrogen (secondary N) is 1. The van der Waals surface area contributed by atoms with Crippen molar-refractivity contribution in [1.82, 2.24) is 5.32 Å². The van der Waals surface area contributed by atoms with Gasteiger partial charge in [-0.25, -0.2) is 0 Å². The summed E-state index contributed by atoms with van der Waals surface area (Å²) in [5.74, 6) is -0.866. The Morgan fingerprint density at radius 3 is 2.70 bits per heavy atom. The van der Waals surface area contributed by atoms with Crippen molar-refractivity contribution in [2.45, 2.75) is 50.9 Å². The molecule has 1 aliphatic carbocycles. The number of carbonyl (C=O) groups is 2. The van der Waals surface area contributed by atoms with Gasteiger partial charge in [0.05, 0.1) is 18.2 Å². The van der Waals surface area contributed by atoms with Crippen LogP contribution in [-0.4, -0.2) is 53.5 Å². The van der Waals surface area contributed by atoms with Crippen LogP contribution in [-0.2, 0) is 14.3 Å². The maximum absolute atomic E-state index is 11.3. The molecule has 1 fully saturated rings. The van der Waals surface area contributed by atoms with Gasteiger partial charge in [-0.1, -0.05) is 6.42 Å². The third-order valence-corrected chi connectivity index (χ3v) is 3.61. The Kier molecular flexibility index (Phi) is 6.90. The van der Waals surface area contributed by atoms with E-state index in [0.29, 0.717) is 0 Å². The minimum Gasteiger partial charge on any atom is -0.396 e. The lowest BCUT2D eigenvalue weighted by Crippen LogP contribution is -2.50. The van der Waals surface area contributed by atoms with E-state index in [2.05, 4.69) is 5.32 Å². The molecule has 116 valence electrons. The fraction of sp³-hybridized carbons (Fsp3) is 0.846. The van der Waals surface area contributed by atoms with Gasteiger partial charge in [0.25, 0.3) is 0 Å². The van der Waals surface area contributed by atoms with Gasteiger partial charge in [-0.05, 0) is 19.3 Å². The van der Waals surface area contributed by atoms with E-state index in [1.165, 1.54) is 6.92 Å². The molecule has 0 aliphatic heterocycles. The molecule has 2 amide bonds. The van der Waals surface area contributed by atoms with E-state index >= 15 is 0 Å². The van der Waals surface area contributed by atoms with Crippen LogP contribution in [0.4, 0.5) is 0 Å². The van der Waals surface area contributed by atoms with Gasteiger partial charge in [0.2, 0.25) is 11.8 Å². The smallest absolute Gasteiger partial charge is 0.243 e. The summed E-state index contributed by atoms with van der Waals surface area (Å²) in [6, 6.07) is -0.486. The van der Waals surface area contributed by atoms with Gasteiger partial charge in [0.15, 0.2) is 0 Å². The summed E-state index contributed by atoms with van der Waals surface area (Å²) in [5, 5.41) is 21.8. The SMILES string of the molecule is CC(=O)N[C@@H](C1CCC[C@H]1OCC(N)=O)[C@@H](O)CCO. The van der Waals surface area contributed by atoms with Crippen LogP contribution in [0.3, 0.4) is 0 Å². The fourth-order valence-corrected chi connectivity index (χ4v) is 2.80. The van der Waals surface area contributed by atoms with Crippen molar-refractivity contribution in [3.05, 3.63) is 0 Å². The molecule has 0 aromatic carbocycles. The molecule has 7 nitrogen and oxygen atoms in total. The molecule has 4 atom stereocenters. The van der Waals surface area contributed by atoms with Crippen LogP contribution in [0.1, 0.15) is 32.6 Å². The quantitative estimate of drug-likeness (QED) is 0.452. The Morgan fingerprint density at radius 1 is 1.45 bits per heavy atom. The van der Waals surface area contributed by atoms with E-state index in [-0.39, 0.29) is 37.6 Å². The molecule has 0 aromatic heterocycles. The van der Waals surface area contributed by atoms with E-state index in [9.17, 15) is 14.7 Å². The molecule has 0 heterocycles. The topological polar surface area (TPSA) is 122 Å². The summed E-state index contributed by atoms with van der Waals surface area (Å²) < 4.78 is 5.47. The first-order valence-electron chi connectivity index (χ1n) is 6.91. The van der Waals surface area contributed by atoms with Crippen LogP contribution in [0.25, 0.3) is 0 Å². The highest BCUT2D eigenvalue weighted by atomic mass is 16.5. The van der Waals surface area contributed by atoms with Crippen molar-refractivity contribution in [3.63, 3.8) is 0 Å². The van der Waals surface area contributed by atoms with E-state index in [1.54, 1.807) is 0 Å². The van der Waals surface area contributed by atoms with Crippen LogP contribution < -0.4 is 11.1 Å². The number of rotatable bonds is 8. The number of ether oxygens (including phenoxy) is 1. The molecule has 0 bridgehead atoms. The molecule has 1 unspecified atom stereocenters. The number of amides is 2. The second-order valence-electron chi connectivity index (χ2n) is 5.22. The number of aliphatic hydroxyl groups excluding tert-OH is 2. The summed E-state index contributed by atoms with van der Waals surface area (Å²) in [4.78, 5) is 22.1. The van der Waals surface area contributed by atoms with E-state index in [0.717, 1.165) is 19.3 Å². The first kappa shape index (κ1) is 16.9. The Morgan fingerprint density at radius 2 is 2.15 bits per heavy atom. The van der Waals surface area contributed by atoms with Gasteiger partial charge >= 0.3 is 0 Å². The summed E-state index contributed by atoms with van der Waals surface area (Å²) in [6.45, 7) is 1.06. The minimum atomic E-state index is -0.841. The molecule has 5 N–H and O–H groups in total. The monoisotopic (exact) mass is 288 g/mol. The molecule has 0 spiro atoms. The molecule has 7 heteroatoms. The van der Waals surface area contributed by atoms with E-state index in [4.69, 9.17) is 15.6 Å². The Labute approximate surface area is 118 Å². The largest absolute Gasteiger partial charge is 0.396 e. The standard InChI is InChI=1S/C13H24N2O5/c1-8(17)15-13(10(18)5-6-16)9-3-2-4-11(9)20-7-12(14)19/h9-11,13,16,18H,2-7H2,1H3,(H2,14,19)(H,15,17)/t9?,10-,11+,13-/m0/s1. The minimum absolute atomic E-state index is 0.0835. The molecular formula is C13H24N2O5. The lowest BCUT2D eigenvalue weighted by Gasteiger charge is -2.32. The van der Waals surface area contributed by atoms with Gasteiger partial charge in [0.1, 0.15) is 6.61 Å². The Bertz CT molecular complexity index is 337. The van der Waals surface area contributed by atoms with Crippen LogP contribution in [0, 0.1) is 5.92 Å². The van der Waals surface area contributed by atoms with Gasteiger partial charge in [-0.2, -0.15) is 0 Å². The lowest BCUT2D eigenvalue weighted by atomic mass is 9.90. The van der Waals surface area contributed by atoms with Gasteiger partial charge in [-0.15, -0.1) is 0 Å². The van der Waals surface area contributed by atoms with E-state index in [1.807, 2.05) is 0 Å². The average molecular weight is 288 g/mol. The summed E-state index contributed by atoms with van der Waals surface area (Å²) in [7, 11) is 0. The molecule has 1 rings (SSSR count). The Balaban J connectivity index is 2.71. The van der Waals surface area contributed by atoms with Crippen molar-refractivity contribution in [3.8, 4) is 0 Å². The van der Waals surface area contributed by atoms with Crippen LogP contribution in [0.15, 0.2) is 0 Å². The van der Waals surface area contributed by atoms with Gasteiger partial charge in [-0.3, -0.25) is 9.59 Å². The molecule has 1 saturated carbocycles. The summed E-state index contributed by atoms with van der Waals surface area (Å²) >= 11 is 0. The van der Waals surface area contributed by atoms with Crippen LogP contribution in [0.2, 0.25) is 0 Å². The van der Waals surface area contributed by atoms with E-state index < -0.39 is 18.1 Å². The summed E-state index contributed by atoms with van der Waals surface area (Å²) in [6.07, 6.45) is 1.58. The molecule has 0 saturated heterocycles. The number of hydrogen-bond donors (Lipinski definition) is 4. The van der Waals surface area contributed by atoms with Gasteiger partial charge in [0, 0.05) is 19.4 Å². The third kappa shape index (κ3) is 5.07. The number of primary amides is 1. The fourth-order valence-electron chi connectivity index (χ4n) is 2.80. The van der Waals surface area contributed by atoms with Crippen LogP contribution >= 0.6 is 0 Å². The number of hydrogen-bond acceptors (Lipinski definition) is 5. The maximum atomic E-state index is 11.3. The number of carbonyl (C=O) groups excluding carboxylic acids is 2. The van der Waals surface area contributed by atoms with Crippen molar-refractivity contribution in [2.75, 3.05) is 13.2 Å². The van der Waals surface area contributed by atoms with Crippen molar-refractivity contribution in [2.24, 2.45) is 11.7 Å². The molecule has 1 aliphatic rings. The highest BCUT2D eigenvalue weighted by Gasteiger charge is 2.38. The Hall–Kier alpha value is -1.18. The zero-order valence-corrected chi connectivity index (χ0v) is 11.7. The second kappa shape index (κ2) is 8.18. The van der Waals surface area contributed by atoms with Crippen LogP contribution in [0.5, 0.6) is 0 Å². The van der Waals surface area contributed by atoms with Crippen molar-refractivity contribution < 1.29 is 24.5 Å². The zero-order chi connectivity index (χ0) is 15.1. The highest BCUT2D eigenvalue weighted by molar-refractivity contribution is 5.75. The zero-order valence-electron chi connectivity index (χ0n) is 11.7. The summed E-state index contributed by atoms with van der Waals surface area (Å²) in [5.41, 5.74) is 5.06. The number of nitrogens with two attached hydrogens (primary N) is 1. The average Bonchev–Trinajstić information content (AvgIpc) is 2.81. The lowest BCUT2D eigenvalue weighted by molar-refractivity contribution is -0.127. The predicted octanol–water partition coefficient (Wildman–Crippen LogP) is -1.09. The van der Waals surface area contributed by atoms with Crippen molar-refractivity contribution in [1.29, 1.82) is 0 Å². The van der Waals surface area contributed by atoms with Crippen molar-refractivity contribution >= 4 is 11.8 Å². The molecular weight excluding hydrogens is 264 g/mol.